The van der Waals surface area contributed by atoms with Crippen LogP contribution >= 0.6 is 0 Å². The number of hydrogen-bond acceptors (Lipinski definition) is 1. The lowest BCUT2D eigenvalue weighted by molar-refractivity contribution is 0.277. The van der Waals surface area contributed by atoms with Crippen LogP contribution in [0.4, 0.5) is 0 Å². The number of benzene rings is 1. The van der Waals surface area contributed by atoms with Crippen molar-refractivity contribution < 1.29 is 4.74 Å². The lowest BCUT2D eigenvalue weighted by atomic mass is 9.84. The number of fused-ring (bicyclic) bond motifs is 1. The maximum Gasteiger partial charge on any atom is 0.0351 e. The van der Waals surface area contributed by atoms with Crippen LogP contribution in [-0.4, -0.2) is 14.2 Å². The molecule has 1 nitrogen and oxygen atoms in total. The summed E-state index contributed by atoms with van der Waals surface area (Å²) in [4.78, 5) is 0. The van der Waals surface area contributed by atoms with Crippen molar-refractivity contribution >= 4 is 0 Å². The van der Waals surface area contributed by atoms with Gasteiger partial charge in [0.15, 0.2) is 0 Å². The first-order valence-electron chi connectivity index (χ1n) is 5.66. The molecule has 0 fully saturated rings. The fourth-order valence-electron chi connectivity index (χ4n) is 2.07. The standard InChI is InChI=1S/C12H16.C2H6O/c1-9-3-5-12-8-10(2)4-6-11(12)7-9;1-3-2/h3,5,7,10H,4,6,8H2,1-2H3;1-2H3. The van der Waals surface area contributed by atoms with E-state index in [4.69, 9.17) is 0 Å². The molecular formula is C14H22O. The fraction of sp³-hybridized carbons (Fsp3) is 0.571. The van der Waals surface area contributed by atoms with Crippen LogP contribution < -0.4 is 0 Å². The van der Waals surface area contributed by atoms with E-state index in [1.54, 1.807) is 25.3 Å². The van der Waals surface area contributed by atoms with E-state index in [1.807, 2.05) is 0 Å². The van der Waals surface area contributed by atoms with E-state index in [9.17, 15) is 0 Å². The Labute approximate surface area is 93.5 Å². The molecule has 1 aromatic carbocycles. The van der Waals surface area contributed by atoms with Gasteiger partial charge in [-0.1, -0.05) is 30.7 Å². The summed E-state index contributed by atoms with van der Waals surface area (Å²) in [6.07, 6.45) is 3.95. The molecule has 0 amide bonds. The molecule has 0 heterocycles. The molecule has 2 rings (SSSR count). The van der Waals surface area contributed by atoms with Crippen LogP contribution in [0.1, 0.15) is 30.0 Å². The first-order chi connectivity index (χ1) is 7.17. The molecule has 1 unspecified atom stereocenters. The molecule has 0 saturated carbocycles. The molecule has 0 aromatic heterocycles. The zero-order chi connectivity index (χ0) is 11.3. The van der Waals surface area contributed by atoms with Crippen molar-refractivity contribution in [1.82, 2.24) is 0 Å². The van der Waals surface area contributed by atoms with Crippen molar-refractivity contribution in [2.75, 3.05) is 14.2 Å². The van der Waals surface area contributed by atoms with Gasteiger partial charge in [-0.25, -0.2) is 0 Å². The van der Waals surface area contributed by atoms with E-state index < -0.39 is 0 Å². The first-order valence-corrected chi connectivity index (χ1v) is 5.66. The minimum atomic E-state index is 0.889. The Balaban J connectivity index is 0.000000337. The van der Waals surface area contributed by atoms with Gasteiger partial charge in [0.1, 0.15) is 0 Å². The van der Waals surface area contributed by atoms with Crippen LogP contribution in [-0.2, 0) is 17.6 Å². The van der Waals surface area contributed by atoms with Gasteiger partial charge in [-0.2, -0.15) is 0 Å². The molecule has 1 atom stereocenters. The zero-order valence-electron chi connectivity index (χ0n) is 10.3. The van der Waals surface area contributed by atoms with Crippen LogP contribution in [0, 0.1) is 12.8 Å². The molecule has 1 aromatic rings. The van der Waals surface area contributed by atoms with Gasteiger partial charge in [-0.05, 0) is 43.2 Å². The summed E-state index contributed by atoms with van der Waals surface area (Å²) in [5.74, 6) is 0.889. The molecule has 0 radical (unpaired) electrons. The van der Waals surface area contributed by atoms with Gasteiger partial charge in [0.05, 0.1) is 0 Å². The maximum absolute atomic E-state index is 4.25. The Kier molecular flexibility index (Phi) is 4.83. The summed E-state index contributed by atoms with van der Waals surface area (Å²) in [5, 5.41) is 0. The van der Waals surface area contributed by atoms with E-state index in [-0.39, 0.29) is 0 Å². The van der Waals surface area contributed by atoms with Crippen LogP contribution in [0.2, 0.25) is 0 Å². The van der Waals surface area contributed by atoms with Crippen molar-refractivity contribution in [2.45, 2.75) is 33.1 Å². The topological polar surface area (TPSA) is 9.23 Å². The van der Waals surface area contributed by atoms with Gasteiger partial charge in [0.2, 0.25) is 0 Å². The minimum absolute atomic E-state index is 0.889. The maximum atomic E-state index is 4.25. The van der Waals surface area contributed by atoms with Crippen molar-refractivity contribution in [3.63, 3.8) is 0 Å². The zero-order valence-corrected chi connectivity index (χ0v) is 10.3. The fourth-order valence-corrected chi connectivity index (χ4v) is 2.07. The molecule has 1 aliphatic rings. The third kappa shape index (κ3) is 3.67. The number of ether oxygens (including phenoxy) is 1. The lowest BCUT2D eigenvalue weighted by Crippen LogP contribution is -2.10. The third-order valence-corrected chi connectivity index (χ3v) is 2.84. The van der Waals surface area contributed by atoms with Crippen LogP contribution in [0.25, 0.3) is 0 Å². The largest absolute Gasteiger partial charge is 0.388 e. The summed E-state index contributed by atoms with van der Waals surface area (Å²) < 4.78 is 4.25. The molecule has 84 valence electrons. The number of methoxy groups -OCH3 is 1. The molecule has 0 N–H and O–H groups in total. The van der Waals surface area contributed by atoms with Gasteiger partial charge in [0, 0.05) is 14.2 Å². The van der Waals surface area contributed by atoms with Gasteiger partial charge < -0.3 is 4.74 Å². The summed E-state index contributed by atoms with van der Waals surface area (Å²) in [7, 11) is 3.25. The Bertz CT molecular complexity index is 304. The molecular weight excluding hydrogens is 184 g/mol. The first kappa shape index (κ1) is 12.3. The van der Waals surface area contributed by atoms with E-state index in [1.165, 1.54) is 24.8 Å². The third-order valence-electron chi connectivity index (χ3n) is 2.84. The molecule has 0 aliphatic heterocycles. The predicted octanol–water partition coefficient (Wildman–Crippen LogP) is 3.38. The molecule has 1 aliphatic carbocycles. The molecule has 1 heteroatoms. The van der Waals surface area contributed by atoms with E-state index in [0.717, 1.165) is 5.92 Å². The Hall–Kier alpha value is -0.820. The monoisotopic (exact) mass is 206 g/mol. The summed E-state index contributed by atoms with van der Waals surface area (Å²) in [6, 6.07) is 6.89. The molecule has 0 saturated heterocycles. The Morgan fingerprint density at radius 1 is 1.20 bits per heavy atom. The molecule has 15 heavy (non-hydrogen) atoms. The van der Waals surface area contributed by atoms with Gasteiger partial charge in [-0.3, -0.25) is 0 Å². The summed E-state index contributed by atoms with van der Waals surface area (Å²) in [5.41, 5.74) is 4.58. The highest BCUT2D eigenvalue weighted by Crippen LogP contribution is 2.25. The quantitative estimate of drug-likeness (QED) is 0.632. The van der Waals surface area contributed by atoms with Gasteiger partial charge >= 0.3 is 0 Å². The second-order valence-electron chi connectivity index (χ2n) is 4.53. The highest BCUT2D eigenvalue weighted by atomic mass is 16.4. The van der Waals surface area contributed by atoms with Crippen molar-refractivity contribution in [1.29, 1.82) is 0 Å². The number of rotatable bonds is 0. The minimum Gasteiger partial charge on any atom is -0.388 e. The van der Waals surface area contributed by atoms with Crippen molar-refractivity contribution in [3.8, 4) is 0 Å². The smallest absolute Gasteiger partial charge is 0.0351 e. The van der Waals surface area contributed by atoms with Crippen LogP contribution in [0.5, 0.6) is 0 Å². The lowest BCUT2D eigenvalue weighted by Gasteiger charge is -2.21. The van der Waals surface area contributed by atoms with Gasteiger partial charge in [0.25, 0.3) is 0 Å². The molecule has 0 spiro atoms. The number of aryl methyl sites for hydroxylation is 2. The second kappa shape index (κ2) is 5.92. The Morgan fingerprint density at radius 2 is 1.87 bits per heavy atom. The highest BCUT2D eigenvalue weighted by molar-refractivity contribution is 5.33. The average molecular weight is 206 g/mol. The van der Waals surface area contributed by atoms with Crippen molar-refractivity contribution in [3.05, 3.63) is 34.9 Å². The summed E-state index contributed by atoms with van der Waals surface area (Å²) >= 11 is 0. The molecule has 0 bridgehead atoms. The Morgan fingerprint density at radius 3 is 2.53 bits per heavy atom. The number of hydrogen-bond donors (Lipinski definition) is 0. The average Bonchev–Trinajstić information content (AvgIpc) is 2.20. The van der Waals surface area contributed by atoms with E-state index >= 15 is 0 Å². The van der Waals surface area contributed by atoms with E-state index in [0.29, 0.717) is 0 Å². The predicted molar refractivity (Wildman–Crippen MR) is 65.3 cm³/mol. The second-order valence-corrected chi connectivity index (χ2v) is 4.53. The normalized spacial score (nSPS) is 18.8. The van der Waals surface area contributed by atoms with Gasteiger partial charge in [-0.15, -0.1) is 0 Å². The summed E-state index contributed by atoms with van der Waals surface area (Å²) in [6.45, 7) is 4.53. The SMILES string of the molecule is COC.Cc1ccc2c(c1)CCC(C)C2. The van der Waals surface area contributed by atoms with Crippen LogP contribution in [0.15, 0.2) is 18.2 Å². The highest BCUT2D eigenvalue weighted by Gasteiger charge is 2.14. The van der Waals surface area contributed by atoms with Crippen LogP contribution in [0.3, 0.4) is 0 Å². The van der Waals surface area contributed by atoms with E-state index in [2.05, 4.69) is 36.8 Å². The van der Waals surface area contributed by atoms with Crippen molar-refractivity contribution in [2.24, 2.45) is 5.92 Å².